The molecule has 0 spiro atoms. The van der Waals surface area contributed by atoms with Gasteiger partial charge in [0.25, 0.3) is 0 Å². The number of nitrogens with zero attached hydrogens (tertiary/aromatic N) is 1. The molecule has 0 aromatic heterocycles. The Morgan fingerprint density at radius 1 is 1.37 bits per heavy atom. The smallest absolute Gasteiger partial charge is 0.225 e. The minimum absolute atomic E-state index is 0.115. The number of carbonyl (C=O) groups excluding carboxylic acids is 1. The van der Waals surface area contributed by atoms with E-state index < -0.39 is 11.6 Å². The highest BCUT2D eigenvalue weighted by atomic mass is 19.1. The Bertz CT molecular complexity index is 448. The fourth-order valence-electron chi connectivity index (χ4n) is 2.12. The Kier molecular flexibility index (Phi) is 4.44. The van der Waals surface area contributed by atoms with Gasteiger partial charge in [-0.25, -0.2) is 8.78 Å². The van der Waals surface area contributed by atoms with Gasteiger partial charge in [-0.3, -0.25) is 4.79 Å². The molecule has 0 saturated carbocycles. The average Bonchev–Trinajstić information content (AvgIpc) is 2.71. The molecule has 19 heavy (non-hydrogen) atoms. The summed E-state index contributed by atoms with van der Waals surface area (Å²) in [5.41, 5.74) is 0.115. The minimum atomic E-state index is -0.724. The van der Waals surface area contributed by atoms with Gasteiger partial charge in [-0.15, -0.1) is 0 Å². The van der Waals surface area contributed by atoms with Crippen LogP contribution in [-0.4, -0.2) is 41.7 Å². The van der Waals surface area contributed by atoms with Gasteiger partial charge in [0.1, 0.15) is 11.6 Å². The molecule has 104 valence electrons. The molecule has 2 N–H and O–H groups in total. The summed E-state index contributed by atoms with van der Waals surface area (Å²) in [6, 6.07) is 2.89. The summed E-state index contributed by atoms with van der Waals surface area (Å²) in [7, 11) is 0. The number of aliphatic hydroxyl groups is 1. The van der Waals surface area contributed by atoms with Crippen molar-refractivity contribution in [2.75, 3.05) is 25.0 Å². The van der Waals surface area contributed by atoms with E-state index in [1.165, 1.54) is 0 Å². The summed E-state index contributed by atoms with van der Waals surface area (Å²) in [6.45, 7) is 1.87. The zero-order valence-corrected chi connectivity index (χ0v) is 10.4. The second-order valence-electron chi connectivity index (χ2n) is 4.70. The molecule has 0 unspecified atom stereocenters. The molecule has 1 aromatic rings. The predicted octanol–water partition coefficient (Wildman–Crippen LogP) is 1.36. The summed E-state index contributed by atoms with van der Waals surface area (Å²) >= 11 is 0. The molecule has 0 aliphatic carbocycles. The number of aliphatic hydroxyl groups excluding tert-OH is 1. The summed E-state index contributed by atoms with van der Waals surface area (Å²) < 4.78 is 25.9. The number of hydrogen-bond donors (Lipinski definition) is 2. The highest BCUT2D eigenvalue weighted by Gasteiger charge is 2.20. The fraction of sp³-hybridized carbons (Fsp3) is 0.462. The lowest BCUT2D eigenvalue weighted by Gasteiger charge is -2.14. The number of β-amino-alcohol motifs (C(OH)–C–C–N with tert-alkyl or cyclic N) is 1. The topological polar surface area (TPSA) is 52.6 Å². The van der Waals surface area contributed by atoms with Crippen LogP contribution in [0.25, 0.3) is 0 Å². The monoisotopic (exact) mass is 270 g/mol. The first-order valence-corrected chi connectivity index (χ1v) is 6.19. The van der Waals surface area contributed by atoms with Crippen molar-refractivity contribution in [2.24, 2.45) is 0 Å². The van der Waals surface area contributed by atoms with Crippen molar-refractivity contribution in [3.8, 4) is 0 Å². The van der Waals surface area contributed by atoms with Crippen molar-refractivity contribution in [1.29, 1.82) is 0 Å². The van der Waals surface area contributed by atoms with Gasteiger partial charge in [0.05, 0.1) is 6.10 Å². The van der Waals surface area contributed by atoms with Gasteiger partial charge in [0.2, 0.25) is 5.91 Å². The van der Waals surface area contributed by atoms with E-state index in [0.29, 0.717) is 13.1 Å². The summed E-state index contributed by atoms with van der Waals surface area (Å²) in [4.78, 5) is 13.6. The third kappa shape index (κ3) is 4.25. The normalized spacial score (nSPS) is 19.6. The van der Waals surface area contributed by atoms with E-state index in [9.17, 15) is 18.7 Å². The molecule has 1 amide bonds. The Morgan fingerprint density at radius 2 is 2.05 bits per heavy atom. The lowest BCUT2D eigenvalue weighted by molar-refractivity contribution is -0.116. The number of benzene rings is 1. The van der Waals surface area contributed by atoms with Crippen molar-refractivity contribution < 1.29 is 18.7 Å². The number of carbonyl (C=O) groups is 1. The average molecular weight is 270 g/mol. The van der Waals surface area contributed by atoms with Crippen molar-refractivity contribution in [1.82, 2.24) is 4.90 Å². The molecule has 1 atom stereocenters. The van der Waals surface area contributed by atoms with E-state index in [2.05, 4.69) is 5.32 Å². The number of anilines is 1. The van der Waals surface area contributed by atoms with Crippen LogP contribution >= 0.6 is 0 Å². The minimum Gasteiger partial charge on any atom is -0.392 e. The number of halogens is 2. The molecule has 1 saturated heterocycles. The number of hydrogen-bond acceptors (Lipinski definition) is 3. The predicted molar refractivity (Wildman–Crippen MR) is 66.7 cm³/mol. The fourth-order valence-corrected chi connectivity index (χ4v) is 2.12. The van der Waals surface area contributed by atoms with Crippen LogP contribution in [0.5, 0.6) is 0 Å². The molecule has 2 rings (SSSR count). The molecule has 1 aliphatic heterocycles. The quantitative estimate of drug-likeness (QED) is 0.868. The zero-order valence-electron chi connectivity index (χ0n) is 10.4. The second-order valence-corrected chi connectivity index (χ2v) is 4.70. The molecule has 4 nitrogen and oxygen atoms in total. The van der Waals surface area contributed by atoms with Crippen molar-refractivity contribution in [3.63, 3.8) is 0 Å². The van der Waals surface area contributed by atoms with Crippen LogP contribution in [0.15, 0.2) is 18.2 Å². The molecular formula is C13H16F2N2O2. The number of nitrogens with one attached hydrogen (secondary N) is 1. The third-order valence-corrected chi connectivity index (χ3v) is 3.05. The SMILES string of the molecule is O=C(CCN1CC[C@H](O)C1)Nc1cc(F)cc(F)c1. The highest BCUT2D eigenvalue weighted by molar-refractivity contribution is 5.90. The molecule has 1 fully saturated rings. The van der Waals surface area contributed by atoms with Crippen molar-refractivity contribution in [2.45, 2.75) is 18.9 Å². The second kappa shape index (κ2) is 6.08. The van der Waals surface area contributed by atoms with Gasteiger partial charge in [0.15, 0.2) is 0 Å². The zero-order chi connectivity index (χ0) is 13.8. The lowest BCUT2D eigenvalue weighted by atomic mass is 10.3. The highest BCUT2D eigenvalue weighted by Crippen LogP contribution is 2.14. The van der Waals surface area contributed by atoms with E-state index in [4.69, 9.17) is 0 Å². The van der Waals surface area contributed by atoms with Gasteiger partial charge in [-0.2, -0.15) is 0 Å². The molecule has 6 heteroatoms. The Hall–Kier alpha value is -1.53. The Morgan fingerprint density at radius 3 is 2.63 bits per heavy atom. The van der Waals surface area contributed by atoms with E-state index >= 15 is 0 Å². The van der Waals surface area contributed by atoms with Crippen molar-refractivity contribution in [3.05, 3.63) is 29.8 Å². The van der Waals surface area contributed by atoms with Crippen LogP contribution in [0, 0.1) is 11.6 Å². The molecular weight excluding hydrogens is 254 g/mol. The number of amides is 1. The molecule has 1 heterocycles. The van der Waals surface area contributed by atoms with Crippen LogP contribution < -0.4 is 5.32 Å². The van der Waals surface area contributed by atoms with E-state index in [0.717, 1.165) is 31.2 Å². The van der Waals surface area contributed by atoms with E-state index in [1.54, 1.807) is 0 Å². The third-order valence-electron chi connectivity index (χ3n) is 3.05. The lowest BCUT2D eigenvalue weighted by Crippen LogP contribution is -2.26. The maximum Gasteiger partial charge on any atom is 0.225 e. The first kappa shape index (κ1) is 13.9. The molecule has 0 bridgehead atoms. The first-order chi connectivity index (χ1) is 9.02. The van der Waals surface area contributed by atoms with Crippen LogP contribution in [0.2, 0.25) is 0 Å². The van der Waals surface area contributed by atoms with Crippen LogP contribution in [-0.2, 0) is 4.79 Å². The maximum absolute atomic E-state index is 12.9. The molecule has 1 aromatic carbocycles. The van der Waals surface area contributed by atoms with Crippen LogP contribution in [0.4, 0.5) is 14.5 Å². The number of likely N-dealkylation sites (tertiary alicyclic amines) is 1. The van der Waals surface area contributed by atoms with E-state index in [-0.39, 0.29) is 24.1 Å². The van der Waals surface area contributed by atoms with E-state index in [1.807, 2.05) is 4.90 Å². The van der Waals surface area contributed by atoms with Gasteiger partial charge < -0.3 is 15.3 Å². The molecule has 0 radical (unpaired) electrons. The van der Waals surface area contributed by atoms with Gasteiger partial charge >= 0.3 is 0 Å². The van der Waals surface area contributed by atoms with Gasteiger partial charge in [-0.05, 0) is 18.6 Å². The number of rotatable bonds is 4. The molecule has 1 aliphatic rings. The van der Waals surface area contributed by atoms with Gasteiger partial charge in [-0.1, -0.05) is 0 Å². The van der Waals surface area contributed by atoms with Crippen LogP contribution in [0.1, 0.15) is 12.8 Å². The maximum atomic E-state index is 12.9. The summed E-state index contributed by atoms with van der Waals surface area (Å²) in [6.07, 6.45) is 0.627. The first-order valence-electron chi connectivity index (χ1n) is 6.19. The van der Waals surface area contributed by atoms with Gasteiger partial charge in [0, 0.05) is 37.8 Å². The van der Waals surface area contributed by atoms with Crippen molar-refractivity contribution >= 4 is 11.6 Å². The standard InChI is InChI=1S/C13H16F2N2O2/c14-9-5-10(15)7-11(6-9)16-13(19)2-4-17-3-1-12(18)8-17/h5-7,12,18H,1-4,8H2,(H,16,19)/t12-/m0/s1. The summed E-state index contributed by atoms with van der Waals surface area (Å²) in [5.74, 6) is -1.75. The summed E-state index contributed by atoms with van der Waals surface area (Å²) in [5, 5.41) is 11.8. The Labute approximate surface area is 110 Å². The largest absolute Gasteiger partial charge is 0.392 e. The van der Waals surface area contributed by atoms with Crippen LogP contribution in [0.3, 0.4) is 0 Å². The Balaban J connectivity index is 1.80.